The van der Waals surface area contributed by atoms with Gasteiger partial charge in [0.1, 0.15) is 11.5 Å². The third-order valence-electron chi connectivity index (χ3n) is 6.49. The number of fused-ring (bicyclic) bond motifs is 1. The summed E-state index contributed by atoms with van der Waals surface area (Å²) >= 11 is 7.34. The Labute approximate surface area is 251 Å². The average Bonchev–Trinajstić information content (AvgIpc) is 3.55. The van der Waals surface area contributed by atoms with Crippen LogP contribution in [0.5, 0.6) is 0 Å². The van der Waals surface area contributed by atoms with Crippen LogP contribution in [-0.4, -0.2) is 29.2 Å². The third kappa shape index (κ3) is 6.03. The quantitative estimate of drug-likeness (QED) is 0.240. The van der Waals surface area contributed by atoms with Gasteiger partial charge in [-0.15, -0.1) is 0 Å². The molecule has 42 heavy (non-hydrogen) atoms. The number of benzene rings is 2. The molecule has 0 spiro atoms. The van der Waals surface area contributed by atoms with Crippen LogP contribution in [0, 0.1) is 0 Å². The first-order valence-electron chi connectivity index (χ1n) is 13.5. The number of nitrogens with zero attached hydrogens (tertiary/aromatic N) is 2. The third-order valence-corrected chi connectivity index (χ3v) is 7.73. The van der Waals surface area contributed by atoms with E-state index < -0.39 is 18.0 Å². The molecule has 1 aliphatic heterocycles. The highest BCUT2D eigenvalue weighted by molar-refractivity contribution is 7.07. The first-order valence-corrected chi connectivity index (χ1v) is 14.7. The van der Waals surface area contributed by atoms with Crippen molar-refractivity contribution in [2.24, 2.45) is 4.99 Å². The van der Waals surface area contributed by atoms with Gasteiger partial charge in [0.05, 0.1) is 40.1 Å². The summed E-state index contributed by atoms with van der Waals surface area (Å²) in [5, 5.41) is 0.537. The van der Waals surface area contributed by atoms with Crippen molar-refractivity contribution in [2.45, 2.75) is 46.3 Å². The fourth-order valence-electron chi connectivity index (χ4n) is 4.61. The first kappa shape index (κ1) is 29.3. The lowest BCUT2D eigenvalue weighted by Gasteiger charge is -2.25. The van der Waals surface area contributed by atoms with Crippen LogP contribution >= 0.6 is 22.9 Å². The minimum absolute atomic E-state index is 0.294. The maximum atomic E-state index is 13.8. The topological polar surface area (TPSA) is 100 Å². The van der Waals surface area contributed by atoms with Gasteiger partial charge >= 0.3 is 11.9 Å². The van der Waals surface area contributed by atoms with E-state index in [0.29, 0.717) is 60.4 Å². The maximum absolute atomic E-state index is 13.8. The van der Waals surface area contributed by atoms with Crippen LogP contribution < -0.4 is 14.9 Å². The van der Waals surface area contributed by atoms with Crippen LogP contribution in [0.4, 0.5) is 0 Å². The SMILES string of the molecule is CCCOC(=O)c1cccc(-c2ccc(C=c3sc4n(c3=O)C(c3ccc(Cl)cc3)C(C(=O)OC(C)C)=C(C)N=4)o2)c1. The highest BCUT2D eigenvalue weighted by Gasteiger charge is 2.33. The monoisotopic (exact) mass is 604 g/mol. The lowest BCUT2D eigenvalue weighted by Crippen LogP contribution is -2.40. The number of rotatable bonds is 8. The summed E-state index contributed by atoms with van der Waals surface area (Å²) in [6.45, 7) is 7.56. The highest BCUT2D eigenvalue weighted by Crippen LogP contribution is 2.31. The number of aromatic nitrogens is 1. The Morgan fingerprint density at radius 3 is 2.60 bits per heavy atom. The molecule has 1 unspecified atom stereocenters. The van der Waals surface area contributed by atoms with Gasteiger partial charge in [0.15, 0.2) is 4.80 Å². The van der Waals surface area contributed by atoms with Crippen molar-refractivity contribution in [3.63, 3.8) is 0 Å². The van der Waals surface area contributed by atoms with Crippen molar-refractivity contribution in [1.29, 1.82) is 0 Å². The van der Waals surface area contributed by atoms with E-state index in [1.807, 2.05) is 13.0 Å². The molecule has 2 aromatic heterocycles. The molecule has 10 heteroatoms. The zero-order valence-electron chi connectivity index (χ0n) is 23.5. The highest BCUT2D eigenvalue weighted by atomic mass is 35.5. The molecule has 0 aliphatic carbocycles. The van der Waals surface area contributed by atoms with Crippen molar-refractivity contribution in [1.82, 2.24) is 4.57 Å². The maximum Gasteiger partial charge on any atom is 0.338 e. The van der Waals surface area contributed by atoms with E-state index in [2.05, 4.69) is 4.99 Å². The van der Waals surface area contributed by atoms with E-state index in [9.17, 15) is 14.4 Å². The molecular formula is C32H29ClN2O6S. The lowest BCUT2D eigenvalue weighted by molar-refractivity contribution is -0.143. The van der Waals surface area contributed by atoms with Crippen molar-refractivity contribution in [2.75, 3.05) is 6.61 Å². The summed E-state index contributed by atoms with van der Waals surface area (Å²) in [6.07, 6.45) is 2.04. The van der Waals surface area contributed by atoms with Gasteiger partial charge in [0.25, 0.3) is 5.56 Å². The summed E-state index contributed by atoms with van der Waals surface area (Å²) in [4.78, 5) is 44.4. The first-order chi connectivity index (χ1) is 20.2. The second kappa shape index (κ2) is 12.3. The minimum Gasteiger partial charge on any atom is -0.462 e. The van der Waals surface area contributed by atoms with Gasteiger partial charge in [-0.2, -0.15) is 0 Å². The second-order valence-electron chi connectivity index (χ2n) is 10.0. The van der Waals surface area contributed by atoms with Gasteiger partial charge in [0, 0.05) is 16.7 Å². The Bertz CT molecular complexity index is 1860. The van der Waals surface area contributed by atoms with Crippen molar-refractivity contribution in [3.8, 4) is 11.3 Å². The standard InChI is InChI=1S/C32H29ClN2O6S/c1-5-15-39-30(37)22-8-6-7-21(16-22)25-14-13-24(41-25)17-26-29(36)35-28(20-9-11-23(33)12-10-20)27(31(38)40-18(2)3)19(4)34-32(35)42-26/h6-14,16-18,28H,5,15H2,1-4H3. The van der Waals surface area contributed by atoms with Gasteiger partial charge in [-0.05, 0) is 69.2 Å². The summed E-state index contributed by atoms with van der Waals surface area (Å²) in [5.74, 6) is 0.0610. The molecular weight excluding hydrogens is 576 g/mol. The molecule has 8 nitrogen and oxygen atoms in total. The smallest absolute Gasteiger partial charge is 0.338 e. The van der Waals surface area contributed by atoms with Gasteiger partial charge in [-0.1, -0.05) is 54.1 Å². The van der Waals surface area contributed by atoms with E-state index >= 15 is 0 Å². The number of thiazole rings is 1. The molecule has 0 fully saturated rings. The number of carbonyl (C=O) groups excluding carboxylic acids is 2. The van der Waals surface area contributed by atoms with Crippen LogP contribution in [0.25, 0.3) is 17.4 Å². The second-order valence-corrected chi connectivity index (χ2v) is 11.5. The van der Waals surface area contributed by atoms with Crippen LogP contribution in [0.15, 0.2) is 86.1 Å². The van der Waals surface area contributed by atoms with Crippen molar-refractivity contribution < 1.29 is 23.5 Å². The van der Waals surface area contributed by atoms with Crippen molar-refractivity contribution >= 4 is 41.0 Å². The zero-order chi connectivity index (χ0) is 30.0. The lowest BCUT2D eigenvalue weighted by atomic mass is 9.96. The van der Waals surface area contributed by atoms with Crippen molar-refractivity contribution in [3.05, 3.63) is 114 Å². The predicted octanol–water partition coefficient (Wildman–Crippen LogP) is 5.67. The van der Waals surface area contributed by atoms with Crippen LogP contribution in [-0.2, 0) is 14.3 Å². The molecule has 0 saturated carbocycles. The molecule has 0 amide bonds. The zero-order valence-corrected chi connectivity index (χ0v) is 25.1. The molecule has 3 heterocycles. The fourth-order valence-corrected chi connectivity index (χ4v) is 5.77. The predicted molar refractivity (Wildman–Crippen MR) is 161 cm³/mol. The minimum atomic E-state index is -0.741. The molecule has 2 aromatic carbocycles. The van der Waals surface area contributed by atoms with Gasteiger partial charge in [-0.3, -0.25) is 9.36 Å². The van der Waals surface area contributed by atoms with Crippen LogP contribution in [0.3, 0.4) is 0 Å². The fraction of sp³-hybridized carbons (Fsp3) is 0.250. The Morgan fingerprint density at radius 1 is 1.12 bits per heavy atom. The van der Waals surface area contributed by atoms with Crippen LogP contribution in [0.1, 0.15) is 61.8 Å². The molecule has 0 bridgehead atoms. The Balaban J connectivity index is 1.55. The Kier molecular flexibility index (Phi) is 8.61. The number of allylic oxidation sites excluding steroid dienone is 1. The number of ether oxygens (including phenoxy) is 2. The molecule has 0 radical (unpaired) electrons. The molecule has 4 aromatic rings. The molecule has 0 N–H and O–H groups in total. The van der Waals surface area contributed by atoms with Gasteiger partial charge in [-0.25, -0.2) is 14.6 Å². The van der Waals surface area contributed by atoms with E-state index in [1.165, 1.54) is 15.9 Å². The van der Waals surface area contributed by atoms with E-state index in [1.54, 1.807) is 81.4 Å². The normalized spacial score (nSPS) is 15.0. The Hall–Kier alpha value is -4.21. The number of hydrogen-bond acceptors (Lipinski definition) is 8. The number of hydrogen-bond donors (Lipinski definition) is 0. The number of carbonyl (C=O) groups is 2. The summed E-state index contributed by atoms with van der Waals surface area (Å²) in [7, 11) is 0. The Morgan fingerprint density at radius 2 is 1.88 bits per heavy atom. The summed E-state index contributed by atoms with van der Waals surface area (Å²) in [5.41, 5.74) is 2.29. The average molecular weight is 605 g/mol. The van der Waals surface area contributed by atoms with E-state index in [-0.39, 0.29) is 11.7 Å². The van der Waals surface area contributed by atoms with E-state index in [4.69, 9.17) is 25.5 Å². The van der Waals surface area contributed by atoms with Crippen LogP contribution in [0.2, 0.25) is 5.02 Å². The summed E-state index contributed by atoms with van der Waals surface area (Å²) in [6, 6.07) is 16.8. The van der Waals surface area contributed by atoms with E-state index in [0.717, 1.165) is 6.42 Å². The largest absolute Gasteiger partial charge is 0.462 e. The number of furan rings is 1. The summed E-state index contributed by atoms with van der Waals surface area (Å²) < 4.78 is 18.7. The number of halogens is 1. The molecule has 1 atom stereocenters. The molecule has 5 rings (SSSR count). The van der Waals surface area contributed by atoms with Gasteiger partial charge in [0.2, 0.25) is 0 Å². The molecule has 0 saturated heterocycles. The number of esters is 2. The molecule has 1 aliphatic rings. The van der Waals surface area contributed by atoms with Gasteiger partial charge < -0.3 is 13.9 Å². The molecule has 216 valence electrons.